The van der Waals surface area contributed by atoms with Crippen molar-refractivity contribution in [2.75, 3.05) is 59.1 Å². The number of aliphatic hydroxyl groups is 1. The molecule has 292 valence electrons. The van der Waals surface area contributed by atoms with E-state index in [0.29, 0.717) is 32.1 Å². The van der Waals surface area contributed by atoms with Crippen molar-refractivity contribution in [3.63, 3.8) is 0 Å². The van der Waals surface area contributed by atoms with Crippen LogP contribution in [0, 0.1) is 5.92 Å². The third kappa shape index (κ3) is 30.6. The van der Waals surface area contributed by atoms with Crippen molar-refractivity contribution in [1.29, 1.82) is 0 Å². The number of carbonyl (C=O) groups is 1. The van der Waals surface area contributed by atoms with E-state index in [-0.39, 0.29) is 5.97 Å². The van der Waals surface area contributed by atoms with Crippen LogP contribution in [-0.4, -0.2) is 86.1 Å². The number of carbonyl (C=O) groups excluding carboxylic acids is 1. The molecule has 1 aliphatic heterocycles. The van der Waals surface area contributed by atoms with E-state index in [0.717, 1.165) is 51.9 Å². The number of likely N-dealkylation sites (tertiary alicyclic amines) is 1. The normalized spacial score (nSPS) is 15.0. The summed E-state index contributed by atoms with van der Waals surface area (Å²) in [6.07, 6.45) is 34.4. The molecule has 0 saturated carbocycles. The summed E-state index contributed by atoms with van der Waals surface area (Å²) < 4.78 is 11.7. The van der Waals surface area contributed by atoms with Crippen LogP contribution in [-0.2, 0) is 14.3 Å². The number of nitrogens with zero attached hydrogens (tertiary/aromatic N) is 2. The van der Waals surface area contributed by atoms with Gasteiger partial charge < -0.3 is 19.5 Å². The first-order valence-electron chi connectivity index (χ1n) is 21.9. The van der Waals surface area contributed by atoms with Gasteiger partial charge in [0, 0.05) is 32.7 Å². The van der Waals surface area contributed by atoms with E-state index in [2.05, 4.69) is 30.6 Å². The predicted molar refractivity (Wildman–Crippen MR) is 210 cm³/mol. The smallest absolute Gasteiger partial charge is 0.305 e. The molecule has 6 heteroatoms. The van der Waals surface area contributed by atoms with Gasteiger partial charge in [0.1, 0.15) is 0 Å². The molecule has 0 aromatic rings. The second-order valence-corrected chi connectivity index (χ2v) is 15.5. The Bertz CT molecular complexity index is 687. The van der Waals surface area contributed by atoms with Crippen molar-refractivity contribution in [2.45, 2.75) is 207 Å². The zero-order valence-corrected chi connectivity index (χ0v) is 33.4. The lowest BCUT2D eigenvalue weighted by atomic mass is 9.95. The number of hydrogen-bond acceptors (Lipinski definition) is 6. The van der Waals surface area contributed by atoms with Crippen LogP contribution in [0.15, 0.2) is 0 Å². The lowest BCUT2D eigenvalue weighted by Crippen LogP contribution is -2.40. The van der Waals surface area contributed by atoms with Crippen LogP contribution in [0.2, 0.25) is 0 Å². The van der Waals surface area contributed by atoms with Gasteiger partial charge in [0.25, 0.3) is 0 Å². The Morgan fingerprint density at radius 1 is 0.633 bits per heavy atom. The summed E-state index contributed by atoms with van der Waals surface area (Å²) in [5.74, 6) is 0.517. The number of hydrogen-bond donors (Lipinski definition) is 1. The zero-order chi connectivity index (χ0) is 35.5. The molecule has 0 amide bonds. The van der Waals surface area contributed by atoms with Crippen LogP contribution in [0.3, 0.4) is 0 Å². The fourth-order valence-corrected chi connectivity index (χ4v) is 7.29. The molecular formula is C43H86N2O4. The third-order valence-corrected chi connectivity index (χ3v) is 10.6. The van der Waals surface area contributed by atoms with E-state index < -0.39 is 6.10 Å². The van der Waals surface area contributed by atoms with E-state index in [1.54, 1.807) is 0 Å². The maximum atomic E-state index is 12.6. The Balaban J connectivity index is 2.26. The van der Waals surface area contributed by atoms with Gasteiger partial charge in [-0.2, -0.15) is 0 Å². The van der Waals surface area contributed by atoms with Crippen LogP contribution in [0.1, 0.15) is 201 Å². The summed E-state index contributed by atoms with van der Waals surface area (Å²) >= 11 is 0. The van der Waals surface area contributed by atoms with Crippen LogP contribution in [0.4, 0.5) is 0 Å². The molecule has 1 N–H and O–H groups in total. The van der Waals surface area contributed by atoms with Crippen LogP contribution in [0.5, 0.6) is 0 Å². The van der Waals surface area contributed by atoms with Crippen molar-refractivity contribution in [2.24, 2.45) is 5.92 Å². The first-order chi connectivity index (χ1) is 24.1. The molecule has 2 atom stereocenters. The van der Waals surface area contributed by atoms with E-state index in [1.807, 2.05) is 0 Å². The van der Waals surface area contributed by atoms with Gasteiger partial charge in [-0.15, -0.1) is 0 Å². The van der Waals surface area contributed by atoms with E-state index >= 15 is 0 Å². The number of rotatable bonds is 38. The van der Waals surface area contributed by atoms with Gasteiger partial charge in [0.05, 0.1) is 19.3 Å². The summed E-state index contributed by atoms with van der Waals surface area (Å²) in [5.41, 5.74) is 0. The summed E-state index contributed by atoms with van der Waals surface area (Å²) in [7, 11) is 0. The minimum Gasteiger partial charge on any atom is -0.465 e. The van der Waals surface area contributed by atoms with Crippen molar-refractivity contribution < 1.29 is 19.4 Å². The van der Waals surface area contributed by atoms with Gasteiger partial charge >= 0.3 is 5.97 Å². The Kier molecular flexibility index (Phi) is 33.8. The second-order valence-electron chi connectivity index (χ2n) is 15.5. The minimum absolute atomic E-state index is 0.0117. The molecule has 49 heavy (non-hydrogen) atoms. The highest BCUT2D eigenvalue weighted by molar-refractivity contribution is 5.69. The molecule has 0 aromatic carbocycles. The molecule has 0 aliphatic carbocycles. The maximum absolute atomic E-state index is 12.6. The fourth-order valence-electron chi connectivity index (χ4n) is 7.29. The largest absolute Gasteiger partial charge is 0.465 e. The van der Waals surface area contributed by atoms with E-state index in [1.165, 1.54) is 161 Å². The van der Waals surface area contributed by atoms with E-state index in [9.17, 15) is 9.90 Å². The number of ether oxygens (including phenoxy) is 2. The minimum atomic E-state index is -0.442. The van der Waals surface area contributed by atoms with Crippen molar-refractivity contribution >= 4 is 5.97 Å². The molecule has 1 rings (SSSR count). The molecular weight excluding hydrogens is 608 g/mol. The fraction of sp³-hybridized carbons (Fsp3) is 0.977. The zero-order valence-electron chi connectivity index (χ0n) is 33.4. The number of aliphatic hydroxyl groups excluding tert-OH is 1. The first kappa shape index (κ1) is 46.3. The molecule has 0 radical (unpaired) electrons. The van der Waals surface area contributed by atoms with Gasteiger partial charge in [-0.3, -0.25) is 9.69 Å². The highest BCUT2D eigenvalue weighted by Crippen LogP contribution is 2.20. The molecule has 1 saturated heterocycles. The van der Waals surface area contributed by atoms with Gasteiger partial charge in [-0.1, -0.05) is 149 Å². The average molecular weight is 695 g/mol. The highest BCUT2D eigenvalue weighted by Gasteiger charge is 2.17. The van der Waals surface area contributed by atoms with Gasteiger partial charge in [0.2, 0.25) is 0 Å². The summed E-state index contributed by atoms with van der Waals surface area (Å²) in [6, 6.07) is 0. The number of unbranched alkanes of at least 4 members (excludes halogenated alkanes) is 19. The maximum Gasteiger partial charge on any atom is 0.305 e. The second kappa shape index (κ2) is 35.7. The van der Waals surface area contributed by atoms with Gasteiger partial charge in [-0.25, -0.2) is 0 Å². The molecule has 0 bridgehead atoms. The predicted octanol–water partition coefficient (Wildman–Crippen LogP) is 11.1. The molecule has 2 unspecified atom stereocenters. The van der Waals surface area contributed by atoms with Crippen molar-refractivity contribution in [3.8, 4) is 0 Å². The van der Waals surface area contributed by atoms with Crippen molar-refractivity contribution in [3.05, 3.63) is 0 Å². The molecule has 6 nitrogen and oxygen atoms in total. The SMILES string of the molecule is CCCCCCCCCCCCOCC(O)CN(CCCCCC(=O)OCC(CCCCCC)CCCCCCCC)CCN1CCCC1. The van der Waals surface area contributed by atoms with Crippen LogP contribution < -0.4 is 0 Å². The molecule has 0 aromatic heterocycles. The van der Waals surface area contributed by atoms with Crippen LogP contribution >= 0.6 is 0 Å². The lowest BCUT2D eigenvalue weighted by molar-refractivity contribution is -0.145. The monoisotopic (exact) mass is 695 g/mol. The standard InChI is InChI=1S/C43H86N2O4/c1-4-7-10-13-15-16-17-18-20-28-37-48-40-42(46)38-45(36-35-44-32-26-27-33-44)34-25-21-24-31-43(47)49-39-41(29-22-12-9-6-3)30-23-19-14-11-8-5-2/h41-42,46H,4-40H2,1-3H3. The lowest BCUT2D eigenvalue weighted by Gasteiger charge is -2.27. The molecule has 1 heterocycles. The quantitative estimate of drug-likeness (QED) is 0.0513. The summed E-state index contributed by atoms with van der Waals surface area (Å²) in [6.45, 7) is 14.8. The number of esters is 1. The Hall–Kier alpha value is -0.690. The van der Waals surface area contributed by atoms with E-state index in [4.69, 9.17) is 9.47 Å². The first-order valence-corrected chi connectivity index (χ1v) is 21.9. The Morgan fingerprint density at radius 2 is 1.14 bits per heavy atom. The third-order valence-electron chi connectivity index (χ3n) is 10.6. The topological polar surface area (TPSA) is 62.2 Å². The highest BCUT2D eigenvalue weighted by atomic mass is 16.5. The average Bonchev–Trinajstić information content (AvgIpc) is 3.63. The van der Waals surface area contributed by atoms with Crippen LogP contribution in [0.25, 0.3) is 0 Å². The molecule has 1 fully saturated rings. The van der Waals surface area contributed by atoms with Gasteiger partial charge in [0.15, 0.2) is 0 Å². The Morgan fingerprint density at radius 3 is 1.73 bits per heavy atom. The summed E-state index contributed by atoms with van der Waals surface area (Å²) in [4.78, 5) is 17.6. The van der Waals surface area contributed by atoms with Crippen molar-refractivity contribution in [1.82, 2.24) is 9.80 Å². The molecule has 1 aliphatic rings. The summed E-state index contributed by atoms with van der Waals surface area (Å²) in [5, 5.41) is 10.8. The Labute approximate surface area is 306 Å². The van der Waals surface area contributed by atoms with Gasteiger partial charge in [-0.05, 0) is 70.5 Å². The molecule has 0 spiro atoms.